The molecule has 2 N–H and O–H groups in total. The van der Waals surface area contributed by atoms with Crippen LogP contribution in [0.3, 0.4) is 0 Å². The van der Waals surface area contributed by atoms with Gasteiger partial charge in [-0.25, -0.2) is 19.9 Å². The molecule has 0 fully saturated rings. The Hall–Kier alpha value is -3.20. The van der Waals surface area contributed by atoms with Crippen molar-refractivity contribution >= 4 is 11.2 Å². The maximum atomic E-state index is 10.9. The van der Waals surface area contributed by atoms with Crippen LogP contribution >= 0.6 is 0 Å². The summed E-state index contributed by atoms with van der Waals surface area (Å²) in [6, 6.07) is 3.82. The molecule has 0 saturated heterocycles. The Morgan fingerprint density at radius 1 is 1.18 bits per heavy atom. The maximum absolute atomic E-state index is 10.9. The SMILES string of the molecule is C=C1/C=C\C=C/CC2(COCc3nc4ccc(-c5cnc(C(C)(C)O)nc5)nc4n32)CC1O. The average Bonchev–Trinajstić information content (AvgIpc) is 3.19. The molecule has 0 aromatic carbocycles. The number of ether oxygens (including phenoxy) is 1. The zero-order valence-electron chi connectivity index (χ0n) is 18.8. The molecule has 3 aromatic rings. The number of aromatic nitrogens is 5. The number of hydrogen-bond acceptors (Lipinski definition) is 7. The molecule has 1 spiro atoms. The molecule has 2 aliphatic rings. The van der Waals surface area contributed by atoms with E-state index in [4.69, 9.17) is 14.7 Å². The summed E-state index contributed by atoms with van der Waals surface area (Å²) in [5.74, 6) is 1.14. The highest BCUT2D eigenvalue weighted by atomic mass is 16.5. The second-order valence-corrected chi connectivity index (χ2v) is 9.26. The van der Waals surface area contributed by atoms with E-state index in [1.165, 1.54) is 0 Å². The highest BCUT2D eigenvalue weighted by molar-refractivity contribution is 5.76. The van der Waals surface area contributed by atoms with Crippen molar-refractivity contribution in [2.75, 3.05) is 6.61 Å². The second-order valence-electron chi connectivity index (χ2n) is 9.26. The van der Waals surface area contributed by atoms with E-state index in [1.807, 2.05) is 30.4 Å². The van der Waals surface area contributed by atoms with Crippen LogP contribution in [0.1, 0.15) is 38.3 Å². The van der Waals surface area contributed by atoms with Crippen LogP contribution in [0.4, 0.5) is 0 Å². The van der Waals surface area contributed by atoms with E-state index < -0.39 is 17.2 Å². The van der Waals surface area contributed by atoms with Gasteiger partial charge in [-0.1, -0.05) is 30.9 Å². The lowest BCUT2D eigenvalue weighted by atomic mass is 9.86. The molecule has 0 amide bonds. The van der Waals surface area contributed by atoms with Gasteiger partial charge in [-0.2, -0.15) is 0 Å². The van der Waals surface area contributed by atoms with E-state index >= 15 is 0 Å². The topological polar surface area (TPSA) is 106 Å². The first-order valence-corrected chi connectivity index (χ1v) is 11.0. The van der Waals surface area contributed by atoms with Crippen molar-refractivity contribution in [1.82, 2.24) is 24.5 Å². The summed E-state index contributed by atoms with van der Waals surface area (Å²) < 4.78 is 8.08. The fourth-order valence-corrected chi connectivity index (χ4v) is 4.46. The Kier molecular flexibility index (Phi) is 5.23. The zero-order valence-corrected chi connectivity index (χ0v) is 18.8. The van der Waals surface area contributed by atoms with Gasteiger partial charge >= 0.3 is 0 Å². The van der Waals surface area contributed by atoms with Crippen molar-refractivity contribution < 1.29 is 14.9 Å². The van der Waals surface area contributed by atoms with Gasteiger partial charge in [0.2, 0.25) is 0 Å². The van der Waals surface area contributed by atoms with Crippen LogP contribution in [0.5, 0.6) is 0 Å². The van der Waals surface area contributed by atoms with Gasteiger partial charge in [-0.3, -0.25) is 0 Å². The van der Waals surface area contributed by atoms with Gasteiger partial charge in [-0.05, 0) is 38.0 Å². The summed E-state index contributed by atoms with van der Waals surface area (Å²) >= 11 is 0. The van der Waals surface area contributed by atoms with Gasteiger partial charge in [0.1, 0.15) is 23.5 Å². The van der Waals surface area contributed by atoms with Crippen LogP contribution < -0.4 is 0 Å². The molecular weight excluding hydrogens is 418 g/mol. The normalized spacial score (nSPS) is 25.3. The lowest BCUT2D eigenvalue weighted by molar-refractivity contribution is -0.0159. The molecule has 8 nitrogen and oxygen atoms in total. The summed E-state index contributed by atoms with van der Waals surface area (Å²) in [7, 11) is 0. The molecule has 5 rings (SSSR count). The van der Waals surface area contributed by atoms with E-state index in [1.54, 1.807) is 26.2 Å². The molecule has 8 heteroatoms. The smallest absolute Gasteiger partial charge is 0.161 e. The minimum Gasteiger partial charge on any atom is -0.388 e. The third-order valence-electron chi connectivity index (χ3n) is 6.20. The summed E-state index contributed by atoms with van der Waals surface area (Å²) in [5.41, 5.74) is 1.96. The average molecular weight is 446 g/mol. The number of aliphatic hydroxyl groups is 2. The highest BCUT2D eigenvalue weighted by Gasteiger charge is 2.41. The first-order valence-electron chi connectivity index (χ1n) is 11.0. The first kappa shape index (κ1) is 21.6. The fourth-order valence-electron chi connectivity index (χ4n) is 4.46. The van der Waals surface area contributed by atoms with Crippen LogP contribution in [-0.4, -0.2) is 47.4 Å². The molecular formula is C25H27N5O3. The van der Waals surface area contributed by atoms with Crippen LogP contribution in [0.2, 0.25) is 0 Å². The number of rotatable bonds is 2. The van der Waals surface area contributed by atoms with E-state index in [0.29, 0.717) is 43.1 Å². The Morgan fingerprint density at radius 3 is 2.73 bits per heavy atom. The molecule has 2 atom stereocenters. The van der Waals surface area contributed by atoms with Crippen LogP contribution in [-0.2, 0) is 22.5 Å². The molecule has 2 unspecified atom stereocenters. The number of hydrogen-bond donors (Lipinski definition) is 2. The third-order valence-corrected chi connectivity index (χ3v) is 6.20. The van der Waals surface area contributed by atoms with Crippen LogP contribution in [0.25, 0.3) is 22.4 Å². The van der Waals surface area contributed by atoms with Crippen LogP contribution in [0, 0.1) is 0 Å². The predicted molar refractivity (Wildman–Crippen MR) is 124 cm³/mol. The minimum absolute atomic E-state index is 0.352. The Balaban J connectivity index is 1.62. The molecule has 0 saturated carbocycles. The predicted octanol–water partition coefficient (Wildman–Crippen LogP) is 3.16. The quantitative estimate of drug-likeness (QED) is 0.624. The summed E-state index contributed by atoms with van der Waals surface area (Å²) in [5, 5.41) is 21.0. The van der Waals surface area contributed by atoms with Crippen LogP contribution in [0.15, 0.2) is 61.0 Å². The minimum atomic E-state index is -1.11. The number of imidazole rings is 1. The zero-order chi connectivity index (χ0) is 23.2. The van der Waals surface area contributed by atoms with E-state index in [0.717, 1.165) is 22.6 Å². The Morgan fingerprint density at radius 2 is 1.97 bits per heavy atom. The van der Waals surface area contributed by atoms with E-state index in [-0.39, 0.29) is 0 Å². The summed E-state index contributed by atoms with van der Waals surface area (Å²) in [4.78, 5) is 18.3. The van der Waals surface area contributed by atoms with Gasteiger partial charge < -0.3 is 19.5 Å². The lowest BCUT2D eigenvalue weighted by Gasteiger charge is -2.40. The van der Waals surface area contributed by atoms with E-state index in [9.17, 15) is 10.2 Å². The van der Waals surface area contributed by atoms with Gasteiger partial charge in [0.15, 0.2) is 11.5 Å². The molecule has 0 bridgehead atoms. The number of aliphatic hydroxyl groups excluding tert-OH is 1. The molecule has 0 radical (unpaired) electrons. The van der Waals surface area contributed by atoms with Gasteiger partial charge in [0.05, 0.1) is 23.9 Å². The monoisotopic (exact) mass is 445 g/mol. The fraction of sp³-hybridized carbons (Fsp3) is 0.360. The van der Waals surface area contributed by atoms with Crippen molar-refractivity contribution in [3.63, 3.8) is 0 Å². The maximum Gasteiger partial charge on any atom is 0.161 e. The second kappa shape index (κ2) is 7.98. The number of pyridine rings is 1. The molecule has 1 aliphatic heterocycles. The first-order chi connectivity index (χ1) is 15.8. The highest BCUT2D eigenvalue weighted by Crippen LogP contribution is 2.38. The van der Waals surface area contributed by atoms with Crippen molar-refractivity contribution in [2.45, 2.75) is 50.5 Å². The molecule has 33 heavy (non-hydrogen) atoms. The summed E-state index contributed by atoms with van der Waals surface area (Å²) in [6.45, 7) is 8.14. The standard InChI is InChI=1S/C25H27N5O3/c1-16-7-5-4-6-10-25(11-20(16)31)15-33-14-21-28-19-9-8-18(29-22(19)30(21)25)17-12-26-23(27-13-17)24(2,3)32/h4-9,12-13,20,31-32H,1,10-11,14-15H2,2-3H3/b6-4-,7-5-. The van der Waals surface area contributed by atoms with Gasteiger partial charge in [-0.15, -0.1) is 0 Å². The number of fused-ring (bicyclic) bond motifs is 4. The van der Waals surface area contributed by atoms with Gasteiger partial charge in [0, 0.05) is 24.4 Å². The molecule has 1 aliphatic carbocycles. The third kappa shape index (κ3) is 3.90. The lowest BCUT2D eigenvalue weighted by Crippen LogP contribution is -2.45. The van der Waals surface area contributed by atoms with Crippen molar-refractivity contribution in [3.8, 4) is 11.3 Å². The molecule has 170 valence electrons. The number of allylic oxidation sites excluding steroid dienone is 3. The van der Waals surface area contributed by atoms with Crippen molar-refractivity contribution in [2.24, 2.45) is 0 Å². The molecule has 3 aromatic heterocycles. The largest absolute Gasteiger partial charge is 0.388 e. The van der Waals surface area contributed by atoms with Crippen molar-refractivity contribution in [3.05, 3.63) is 72.6 Å². The number of nitrogens with zero attached hydrogens (tertiary/aromatic N) is 5. The Labute approximate surface area is 192 Å². The van der Waals surface area contributed by atoms with Crippen molar-refractivity contribution in [1.29, 1.82) is 0 Å². The molecule has 4 heterocycles. The van der Waals surface area contributed by atoms with Gasteiger partial charge in [0.25, 0.3) is 0 Å². The Bertz CT molecular complexity index is 1270. The summed E-state index contributed by atoms with van der Waals surface area (Å²) in [6.07, 6.45) is 11.5. The van der Waals surface area contributed by atoms with E-state index in [2.05, 4.69) is 27.2 Å².